The minimum absolute atomic E-state index is 0.196. The molecule has 1 aromatic rings. The second kappa shape index (κ2) is 6.29. The van der Waals surface area contributed by atoms with E-state index in [4.69, 9.17) is 9.15 Å². The Hall–Kier alpha value is -0.840. The van der Waals surface area contributed by atoms with Crippen LogP contribution in [-0.2, 0) is 4.74 Å². The lowest BCUT2D eigenvalue weighted by Crippen LogP contribution is -2.39. The van der Waals surface area contributed by atoms with Crippen molar-refractivity contribution in [1.82, 2.24) is 4.90 Å². The molecule has 114 valence electrons. The summed E-state index contributed by atoms with van der Waals surface area (Å²) in [5, 5.41) is 10.2. The molecule has 0 bridgehead atoms. The molecule has 1 saturated carbocycles. The average molecular weight is 281 g/mol. The van der Waals surface area contributed by atoms with E-state index >= 15 is 0 Å². The molecule has 1 aliphatic carbocycles. The zero-order valence-corrected chi connectivity index (χ0v) is 13.0. The van der Waals surface area contributed by atoms with Gasteiger partial charge in [0.25, 0.3) is 0 Å². The first-order valence-electron chi connectivity index (χ1n) is 7.48. The van der Waals surface area contributed by atoms with E-state index in [0.717, 1.165) is 5.76 Å². The standard InChI is InChI=1S/C16H27NO3/c1-12(15-6-5-9-19-15)17(13-7-8-13)10-14(18)11-20-16(2,3)4/h5-6,9,12-14,18H,7-8,10-11H2,1-4H3. The molecule has 2 unspecified atom stereocenters. The van der Waals surface area contributed by atoms with Crippen molar-refractivity contribution in [3.05, 3.63) is 24.2 Å². The van der Waals surface area contributed by atoms with Crippen LogP contribution in [0.1, 0.15) is 52.3 Å². The molecule has 20 heavy (non-hydrogen) atoms. The number of ether oxygens (including phenoxy) is 1. The van der Waals surface area contributed by atoms with E-state index in [1.807, 2.05) is 32.9 Å². The first kappa shape index (κ1) is 15.5. The monoisotopic (exact) mass is 281 g/mol. The molecule has 2 rings (SSSR count). The molecule has 1 heterocycles. The van der Waals surface area contributed by atoms with Crippen LogP contribution in [0.3, 0.4) is 0 Å². The van der Waals surface area contributed by atoms with Gasteiger partial charge >= 0.3 is 0 Å². The van der Waals surface area contributed by atoms with Crippen LogP contribution in [0.5, 0.6) is 0 Å². The molecule has 4 nitrogen and oxygen atoms in total. The number of rotatable bonds is 7. The van der Waals surface area contributed by atoms with Gasteiger partial charge in [0, 0.05) is 12.6 Å². The third-order valence-electron chi connectivity index (χ3n) is 3.60. The summed E-state index contributed by atoms with van der Waals surface area (Å²) in [6.45, 7) is 9.15. The van der Waals surface area contributed by atoms with Crippen LogP contribution in [0.15, 0.2) is 22.8 Å². The predicted molar refractivity (Wildman–Crippen MR) is 78.6 cm³/mol. The van der Waals surface area contributed by atoms with E-state index in [0.29, 0.717) is 19.2 Å². The van der Waals surface area contributed by atoms with Gasteiger partial charge in [-0.2, -0.15) is 0 Å². The highest BCUT2D eigenvalue weighted by Crippen LogP contribution is 2.34. The molecule has 0 aliphatic heterocycles. The van der Waals surface area contributed by atoms with Crippen molar-refractivity contribution in [2.24, 2.45) is 0 Å². The lowest BCUT2D eigenvalue weighted by molar-refractivity contribution is -0.0599. The summed E-state index contributed by atoms with van der Waals surface area (Å²) >= 11 is 0. The van der Waals surface area contributed by atoms with Gasteiger partial charge in [-0.3, -0.25) is 4.90 Å². The topological polar surface area (TPSA) is 45.8 Å². The Bertz CT molecular complexity index is 392. The molecule has 0 amide bonds. The third kappa shape index (κ3) is 4.62. The molecule has 0 aromatic carbocycles. The van der Waals surface area contributed by atoms with Gasteiger partial charge in [0.2, 0.25) is 0 Å². The van der Waals surface area contributed by atoms with Crippen LogP contribution in [0.25, 0.3) is 0 Å². The van der Waals surface area contributed by atoms with Gasteiger partial charge in [0.15, 0.2) is 0 Å². The largest absolute Gasteiger partial charge is 0.468 e. The van der Waals surface area contributed by atoms with Crippen LogP contribution in [0.2, 0.25) is 0 Å². The fraction of sp³-hybridized carbons (Fsp3) is 0.750. The molecule has 0 saturated heterocycles. The van der Waals surface area contributed by atoms with E-state index < -0.39 is 6.10 Å². The summed E-state index contributed by atoms with van der Waals surface area (Å²) < 4.78 is 11.2. The first-order chi connectivity index (χ1) is 9.37. The molecule has 1 aromatic heterocycles. The Labute approximate surface area is 121 Å². The van der Waals surface area contributed by atoms with Crippen LogP contribution in [0, 0.1) is 0 Å². The lowest BCUT2D eigenvalue weighted by atomic mass is 10.1. The molecule has 4 heteroatoms. The Morgan fingerprint density at radius 1 is 1.45 bits per heavy atom. The van der Waals surface area contributed by atoms with Crippen molar-refractivity contribution < 1.29 is 14.3 Å². The molecule has 2 atom stereocenters. The van der Waals surface area contributed by atoms with Crippen molar-refractivity contribution >= 4 is 0 Å². The normalized spacial score (nSPS) is 19.3. The summed E-state index contributed by atoms with van der Waals surface area (Å²) in [7, 11) is 0. The van der Waals surface area contributed by atoms with Crippen molar-refractivity contribution in [1.29, 1.82) is 0 Å². The summed E-state index contributed by atoms with van der Waals surface area (Å²) in [5.41, 5.74) is -0.210. The zero-order valence-electron chi connectivity index (χ0n) is 13.0. The van der Waals surface area contributed by atoms with E-state index in [1.54, 1.807) is 6.26 Å². The third-order valence-corrected chi connectivity index (χ3v) is 3.60. The Morgan fingerprint density at radius 3 is 2.65 bits per heavy atom. The average Bonchev–Trinajstić information content (AvgIpc) is 3.05. The Balaban J connectivity index is 1.89. The molecule has 0 spiro atoms. The van der Waals surface area contributed by atoms with Crippen LogP contribution in [0.4, 0.5) is 0 Å². The SMILES string of the molecule is CC(c1ccco1)N(CC(O)COC(C)(C)C)C1CC1. The zero-order chi connectivity index (χ0) is 14.8. The highest BCUT2D eigenvalue weighted by Gasteiger charge is 2.35. The lowest BCUT2D eigenvalue weighted by Gasteiger charge is -2.31. The summed E-state index contributed by atoms with van der Waals surface area (Å²) in [6, 6.07) is 4.68. The van der Waals surface area contributed by atoms with Gasteiger partial charge in [-0.05, 0) is 52.7 Å². The molecule has 1 aliphatic rings. The van der Waals surface area contributed by atoms with Gasteiger partial charge in [-0.1, -0.05) is 0 Å². The van der Waals surface area contributed by atoms with E-state index in [1.165, 1.54) is 12.8 Å². The van der Waals surface area contributed by atoms with Gasteiger partial charge in [0.1, 0.15) is 5.76 Å². The molecule has 1 N–H and O–H groups in total. The number of nitrogens with zero attached hydrogens (tertiary/aromatic N) is 1. The molecule has 1 fully saturated rings. The summed E-state index contributed by atoms with van der Waals surface area (Å²) in [5.74, 6) is 0.959. The number of hydrogen-bond acceptors (Lipinski definition) is 4. The van der Waals surface area contributed by atoms with Crippen molar-refractivity contribution in [2.75, 3.05) is 13.2 Å². The maximum Gasteiger partial charge on any atom is 0.120 e. The molecule has 0 radical (unpaired) electrons. The van der Waals surface area contributed by atoms with Crippen LogP contribution >= 0.6 is 0 Å². The maximum absolute atomic E-state index is 10.2. The van der Waals surface area contributed by atoms with Gasteiger partial charge in [-0.25, -0.2) is 0 Å². The van der Waals surface area contributed by atoms with E-state index in [-0.39, 0.29) is 11.6 Å². The summed E-state index contributed by atoms with van der Waals surface area (Å²) in [4.78, 5) is 2.33. The van der Waals surface area contributed by atoms with Gasteiger partial charge < -0.3 is 14.3 Å². The van der Waals surface area contributed by atoms with E-state index in [9.17, 15) is 5.11 Å². The Morgan fingerprint density at radius 2 is 2.15 bits per heavy atom. The second-order valence-corrected chi connectivity index (χ2v) is 6.70. The quantitative estimate of drug-likeness (QED) is 0.834. The number of furan rings is 1. The van der Waals surface area contributed by atoms with Gasteiger partial charge in [0.05, 0.1) is 30.6 Å². The summed E-state index contributed by atoms with van der Waals surface area (Å²) in [6.07, 6.45) is 3.65. The van der Waals surface area contributed by atoms with Crippen molar-refractivity contribution in [3.8, 4) is 0 Å². The fourth-order valence-electron chi connectivity index (χ4n) is 2.36. The second-order valence-electron chi connectivity index (χ2n) is 6.70. The molecular weight excluding hydrogens is 254 g/mol. The number of aliphatic hydroxyl groups is 1. The maximum atomic E-state index is 10.2. The van der Waals surface area contributed by atoms with E-state index in [2.05, 4.69) is 11.8 Å². The highest BCUT2D eigenvalue weighted by atomic mass is 16.5. The smallest absolute Gasteiger partial charge is 0.120 e. The van der Waals surface area contributed by atoms with Crippen molar-refractivity contribution in [2.45, 2.75) is 64.3 Å². The number of hydrogen-bond donors (Lipinski definition) is 1. The van der Waals surface area contributed by atoms with Crippen LogP contribution in [-0.4, -0.2) is 40.9 Å². The predicted octanol–water partition coefficient (Wildman–Crippen LogP) is 2.98. The fourth-order valence-corrected chi connectivity index (χ4v) is 2.36. The van der Waals surface area contributed by atoms with Crippen molar-refractivity contribution in [3.63, 3.8) is 0 Å². The van der Waals surface area contributed by atoms with Gasteiger partial charge in [-0.15, -0.1) is 0 Å². The van der Waals surface area contributed by atoms with Crippen LogP contribution < -0.4 is 0 Å². The number of aliphatic hydroxyl groups excluding tert-OH is 1. The molecular formula is C16H27NO3. The first-order valence-corrected chi connectivity index (χ1v) is 7.48. The highest BCUT2D eigenvalue weighted by molar-refractivity contribution is 5.05. The minimum Gasteiger partial charge on any atom is -0.468 e. The minimum atomic E-state index is -0.466. The Kier molecular flexibility index (Phi) is 4.89.